The highest BCUT2D eigenvalue weighted by Crippen LogP contribution is 2.31. The molecule has 8 nitrogen and oxygen atoms in total. The first kappa shape index (κ1) is 23.1. The molecule has 3 aromatic carbocycles. The zero-order chi connectivity index (χ0) is 24.6. The number of esters is 1. The van der Waals surface area contributed by atoms with E-state index in [1.165, 1.54) is 30.3 Å². The minimum absolute atomic E-state index is 0.0187. The maximum Gasteiger partial charge on any atom is 0.338 e. The van der Waals surface area contributed by atoms with Crippen LogP contribution in [0.1, 0.15) is 47.8 Å². The summed E-state index contributed by atoms with van der Waals surface area (Å²) in [7, 11) is -3.53. The summed E-state index contributed by atoms with van der Waals surface area (Å²) < 4.78 is 28.6. The highest BCUT2D eigenvalue weighted by Gasteiger charge is 2.31. The summed E-state index contributed by atoms with van der Waals surface area (Å²) in [5.74, 6) is -2.31. The van der Waals surface area contributed by atoms with Gasteiger partial charge in [-0.05, 0) is 30.7 Å². The van der Waals surface area contributed by atoms with Crippen LogP contribution in [0, 0.1) is 6.92 Å². The summed E-state index contributed by atoms with van der Waals surface area (Å²) in [4.78, 5) is 50.8. The molecule has 1 amide bonds. The lowest BCUT2D eigenvalue weighted by atomic mass is 9.83. The summed E-state index contributed by atoms with van der Waals surface area (Å²) >= 11 is 0. The van der Waals surface area contributed by atoms with Crippen LogP contribution in [0.4, 0.5) is 5.69 Å². The van der Waals surface area contributed by atoms with Crippen molar-refractivity contribution >= 4 is 39.0 Å². The lowest BCUT2D eigenvalue weighted by Gasteiger charge is -2.20. The van der Waals surface area contributed by atoms with E-state index in [1.807, 2.05) is 0 Å². The molecule has 4 rings (SSSR count). The van der Waals surface area contributed by atoms with Gasteiger partial charge in [-0.15, -0.1) is 0 Å². The molecule has 172 valence electrons. The normalized spacial score (nSPS) is 12.5. The second kappa shape index (κ2) is 8.68. The molecule has 0 atom stereocenters. The number of hydrogen-bond acceptors (Lipinski definition) is 7. The molecule has 0 saturated carbocycles. The molecule has 0 unspecified atom stereocenters. The summed E-state index contributed by atoms with van der Waals surface area (Å²) in [6.45, 7) is 0.934. The smallest absolute Gasteiger partial charge is 0.338 e. The van der Waals surface area contributed by atoms with Gasteiger partial charge in [0.1, 0.15) is 0 Å². The summed E-state index contributed by atoms with van der Waals surface area (Å²) in [6, 6.07) is 15.0. The first-order chi connectivity index (χ1) is 16.1. The van der Waals surface area contributed by atoms with Crippen molar-refractivity contribution in [2.75, 3.05) is 18.2 Å². The Morgan fingerprint density at radius 2 is 1.53 bits per heavy atom. The topological polar surface area (TPSA) is 124 Å². The zero-order valence-corrected chi connectivity index (χ0v) is 19.1. The Morgan fingerprint density at radius 1 is 0.882 bits per heavy atom. The van der Waals surface area contributed by atoms with Crippen molar-refractivity contribution in [1.82, 2.24) is 0 Å². The fourth-order valence-electron chi connectivity index (χ4n) is 3.70. The molecule has 0 heterocycles. The Labute approximate surface area is 195 Å². The van der Waals surface area contributed by atoms with Crippen LogP contribution in [0.3, 0.4) is 0 Å². The van der Waals surface area contributed by atoms with Crippen LogP contribution in [-0.4, -0.2) is 44.7 Å². The Kier molecular flexibility index (Phi) is 5.89. The highest BCUT2D eigenvalue weighted by molar-refractivity contribution is 7.90. The van der Waals surface area contributed by atoms with Crippen molar-refractivity contribution in [1.29, 1.82) is 0 Å². The van der Waals surface area contributed by atoms with Gasteiger partial charge in [0.2, 0.25) is 0 Å². The Morgan fingerprint density at radius 3 is 2.21 bits per heavy atom. The van der Waals surface area contributed by atoms with Gasteiger partial charge >= 0.3 is 5.97 Å². The molecule has 0 spiro atoms. The maximum atomic E-state index is 13.0. The first-order valence-corrected chi connectivity index (χ1v) is 12.1. The number of ether oxygens (including phenoxy) is 1. The van der Waals surface area contributed by atoms with E-state index in [9.17, 15) is 27.6 Å². The Hall–Kier alpha value is -4.11. The van der Waals surface area contributed by atoms with Gasteiger partial charge in [0.25, 0.3) is 5.91 Å². The number of carbonyl (C=O) groups is 4. The number of sulfone groups is 1. The number of benzene rings is 3. The summed E-state index contributed by atoms with van der Waals surface area (Å²) in [5.41, 5.74) is 1.41. The molecule has 0 bridgehead atoms. The minimum Gasteiger partial charge on any atom is -0.452 e. The van der Waals surface area contributed by atoms with E-state index >= 15 is 0 Å². The number of amides is 1. The summed E-state index contributed by atoms with van der Waals surface area (Å²) in [5, 5.41) is 2.52. The molecule has 34 heavy (non-hydrogen) atoms. The number of rotatable bonds is 5. The maximum absolute atomic E-state index is 13.0. The van der Waals surface area contributed by atoms with Crippen LogP contribution in [0.2, 0.25) is 0 Å². The van der Waals surface area contributed by atoms with Gasteiger partial charge < -0.3 is 10.1 Å². The van der Waals surface area contributed by atoms with Crippen LogP contribution >= 0.6 is 0 Å². The molecular formula is C25H19NO7S. The fraction of sp³-hybridized carbons (Fsp3) is 0.120. The van der Waals surface area contributed by atoms with Crippen molar-refractivity contribution in [3.05, 3.63) is 94.0 Å². The Bertz CT molecular complexity index is 1490. The van der Waals surface area contributed by atoms with Crippen LogP contribution in [0.25, 0.3) is 0 Å². The van der Waals surface area contributed by atoms with Crippen LogP contribution in [0.15, 0.2) is 65.6 Å². The van der Waals surface area contributed by atoms with Crippen LogP contribution < -0.4 is 5.32 Å². The van der Waals surface area contributed by atoms with E-state index in [-0.39, 0.29) is 38.6 Å². The molecule has 0 fully saturated rings. The van der Waals surface area contributed by atoms with E-state index in [0.29, 0.717) is 11.1 Å². The highest BCUT2D eigenvalue weighted by atomic mass is 32.2. The van der Waals surface area contributed by atoms with Crippen LogP contribution in [-0.2, 0) is 19.4 Å². The van der Waals surface area contributed by atoms with E-state index in [1.54, 1.807) is 37.3 Å². The molecule has 0 aliphatic heterocycles. The van der Waals surface area contributed by atoms with Gasteiger partial charge in [-0.2, -0.15) is 0 Å². The number of anilines is 1. The first-order valence-electron chi connectivity index (χ1n) is 10.2. The molecule has 1 N–H and O–H groups in total. The Balaban J connectivity index is 1.52. The van der Waals surface area contributed by atoms with E-state index in [4.69, 9.17) is 4.74 Å². The van der Waals surface area contributed by atoms with Crippen molar-refractivity contribution in [2.45, 2.75) is 11.8 Å². The number of ketones is 2. The average molecular weight is 477 g/mol. The largest absolute Gasteiger partial charge is 0.452 e. The SMILES string of the molecule is Cc1ccc(S(C)(=O)=O)cc1C(=O)OCC(=O)Nc1cccc2c1C(=O)c1ccccc1C2=O. The number of hydrogen-bond donors (Lipinski definition) is 1. The quantitative estimate of drug-likeness (QED) is 0.438. The monoisotopic (exact) mass is 477 g/mol. The van der Waals surface area contributed by atoms with Gasteiger partial charge in [-0.3, -0.25) is 14.4 Å². The third kappa shape index (κ3) is 4.25. The molecule has 0 aromatic heterocycles. The molecule has 0 saturated heterocycles. The van der Waals surface area contributed by atoms with Gasteiger partial charge in [0.05, 0.1) is 21.7 Å². The number of aryl methyl sites for hydroxylation is 1. The summed E-state index contributed by atoms with van der Waals surface area (Å²) in [6.07, 6.45) is 1.02. The lowest BCUT2D eigenvalue weighted by Crippen LogP contribution is -2.26. The molecular weight excluding hydrogens is 458 g/mol. The molecule has 0 radical (unpaired) electrons. The second-order valence-corrected chi connectivity index (χ2v) is 9.82. The van der Waals surface area contributed by atoms with E-state index in [2.05, 4.69) is 5.32 Å². The molecule has 1 aliphatic carbocycles. The van der Waals surface area contributed by atoms with E-state index in [0.717, 1.165) is 6.26 Å². The van der Waals surface area contributed by atoms with Crippen LogP contribution in [0.5, 0.6) is 0 Å². The van der Waals surface area contributed by atoms with Gasteiger partial charge in [-0.25, -0.2) is 13.2 Å². The number of carbonyl (C=O) groups excluding carboxylic acids is 4. The minimum atomic E-state index is -3.53. The predicted octanol–water partition coefficient (Wildman–Crippen LogP) is 2.97. The third-order valence-electron chi connectivity index (χ3n) is 5.42. The van der Waals surface area contributed by atoms with Gasteiger partial charge in [0.15, 0.2) is 28.0 Å². The van der Waals surface area contributed by atoms with Crippen molar-refractivity contribution in [2.24, 2.45) is 0 Å². The number of nitrogens with one attached hydrogen (secondary N) is 1. The van der Waals surface area contributed by atoms with Crippen molar-refractivity contribution in [3.8, 4) is 0 Å². The standard InChI is InChI=1S/C25H19NO7S/c1-14-10-11-15(34(2,31)32)12-19(14)25(30)33-13-21(27)26-20-9-5-8-18-22(20)24(29)17-7-4-3-6-16(17)23(18)28/h3-12H,13H2,1-2H3,(H,26,27). The van der Waals surface area contributed by atoms with Crippen molar-refractivity contribution in [3.63, 3.8) is 0 Å². The van der Waals surface area contributed by atoms with Crippen molar-refractivity contribution < 1.29 is 32.3 Å². The average Bonchev–Trinajstić information content (AvgIpc) is 2.80. The van der Waals surface area contributed by atoms with Gasteiger partial charge in [-0.1, -0.05) is 42.5 Å². The molecule has 1 aliphatic rings. The van der Waals surface area contributed by atoms with E-state index < -0.39 is 34.1 Å². The second-order valence-electron chi connectivity index (χ2n) is 7.81. The van der Waals surface area contributed by atoms with Gasteiger partial charge in [0, 0.05) is 22.9 Å². The third-order valence-corrected chi connectivity index (χ3v) is 6.53. The number of fused-ring (bicyclic) bond motifs is 2. The lowest BCUT2D eigenvalue weighted by molar-refractivity contribution is -0.119. The fourth-order valence-corrected chi connectivity index (χ4v) is 4.34. The predicted molar refractivity (Wildman–Crippen MR) is 123 cm³/mol. The zero-order valence-electron chi connectivity index (χ0n) is 18.2. The molecule has 3 aromatic rings. The molecule has 9 heteroatoms.